The first-order valence-electron chi connectivity index (χ1n) is 10.2. The number of guanidine groups is 1. The minimum absolute atomic E-state index is 0.599. The summed E-state index contributed by atoms with van der Waals surface area (Å²) in [6.45, 7) is 6.42. The van der Waals surface area contributed by atoms with Crippen LogP contribution in [0.15, 0.2) is 34.9 Å². The molecule has 150 valence electrons. The monoisotopic (exact) mass is 399 g/mol. The third kappa shape index (κ3) is 4.73. The highest BCUT2D eigenvalue weighted by Gasteiger charge is 2.19. The van der Waals surface area contributed by atoms with E-state index >= 15 is 0 Å². The third-order valence-corrected chi connectivity index (χ3v) is 6.29. The maximum Gasteiger partial charge on any atom is 0.191 e. The molecule has 2 aromatic heterocycles. The molecule has 0 saturated carbocycles. The number of thiazole rings is 1. The van der Waals surface area contributed by atoms with Gasteiger partial charge in [-0.25, -0.2) is 15.0 Å². The first-order chi connectivity index (χ1) is 13.8. The van der Waals surface area contributed by atoms with Gasteiger partial charge in [0.1, 0.15) is 5.82 Å². The molecule has 0 radical (unpaired) electrons. The van der Waals surface area contributed by atoms with Crippen molar-refractivity contribution < 1.29 is 0 Å². The molecule has 2 saturated heterocycles. The molecule has 0 aromatic carbocycles. The first kappa shape index (κ1) is 19.0. The lowest BCUT2D eigenvalue weighted by Gasteiger charge is -2.35. The van der Waals surface area contributed by atoms with Crippen molar-refractivity contribution in [3.05, 3.63) is 35.5 Å². The first-order valence-corrected chi connectivity index (χ1v) is 11.1. The van der Waals surface area contributed by atoms with Crippen molar-refractivity contribution in [2.45, 2.75) is 32.2 Å². The second-order valence-corrected chi connectivity index (χ2v) is 8.26. The van der Waals surface area contributed by atoms with E-state index in [2.05, 4.69) is 35.7 Å². The average Bonchev–Trinajstić information content (AvgIpc) is 3.15. The number of anilines is 2. The smallest absolute Gasteiger partial charge is 0.191 e. The van der Waals surface area contributed by atoms with Crippen LogP contribution in [0.5, 0.6) is 0 Å². The predicted octanol–water partition coefficient (Wildman–Crippen LogP) is 2.56. The molecule has 0 atom stereocenters. The number of piperazine rings is 1. The summed E-state index contributed by atoms with van der Waals surface area (Å²) < 4.78 is 0. The van der Waals surface area contributed by atoms with Crippen LogP contribution in [0.3, 0.4) is 0 Å². The summed E-state index contributed by atoms with van der Waals surface area (Å²) in [6, 6.07) is 4.21. The molecule has 8 heteroatoms. The van der Waals surface area contributed by atoms with Gasteiger partial charge in [0.15, 0.2) is 11.1 Å². The SMILES string of the molecule is NC(=NCc1ccnc(N2CCCCCC2)c1)N1CCN(c2nccs2)CC1. The summed E-state index contributed by atoms with van der Waals surface area (Å²) >= 11 is 1.69. The van der Waals surface area contributed by atoms with Crippen LogP contribution in [0.2, 0.25) is 0 Å². The van der Waals surface area contributed by atoms with E-state index in [0.29, 0.717) is 12.5 Å². The van der Waals surface area contributed by atoms with Gasteiger partial charge in [0.2, 0.25) is 0 Å². The summed E-state index contributed by atoms with van der Waals surface area (Å²) in [5, 5.41) is 3.11. The van der Waals surface area contributed by atoms with Crippen molar-refractivity contribution in [1.29, 1.82) is 0 Å². The van der Waals surface area contributed by atoms with Gasteiger partial charge >= 0.3 is 0 Å². The third-order valence-electron chi connectivity index (χ3n) is 5.46. The van der Waals surface area contributed by atoms with Crippen molar-refractivity contribution in [2.75, 3.05) is 49.1 Å². The summed E-state index contributed by atoms with van der Waals surface area (Å²) in [5.41, 5.74) is 7.45. The van der Waals surface area contributed by atoms with E-state index in [1.807, 2.05) is 23.8 Å². The lowest BCUT2D eigenvalue weighted by Crippen LogP contribution is -2.51. The Balaban J connectivity index is 1.33. The number of pyridine rings is 1. The molecule has 4 rings (SSSR count). The molecule has 2 N–H and O–H groups in total. The van der Waals surface area contributed by atoms with E-state index in [0.717, 1.165) is 50.2 Å². The number of aliphatic imine (C=N–C) groups is 1. The summed E-state index contributed by atoms with van der Waals surface area (Å²) in [6.07, 6.45) is 8.92. The van der Waals surface area contributed by atoms with Crippen molar-refractivity contribution in [1.82, 2.24) is 14.9 Å². The Hall–Kier alpha value is -2.35. The van der Waals surface area contributed by atoms with Crippen molar-refractivity contribution in [3.8, 4) is 0 Å². The minimum atomic E-state index is 0.599. The molecule has 4 heterocycles. The van der Waals surface area contributed by atoms with E-state index in [1.54, 1.807) is 11.3 Å². The molecule has 2 fully saturated rings. The molecule has 0 amide bonds. The van der Waals surface area contributed by atoms with E-state index in [1.165, 1.54) is 31.2 Å². The van der Waals surface area contributed by atoms with Gasteiger partial charge in [0.05, 0.1) is 6.54 Å². The van der Waals surface area contributed by atoms with Gasteiger partial charge in [0, 0.05) is 57.0 Å². The van der Waals surface area contributed by atoms with Gasteiger partial charge in [-0.3, -0.25) is 0 Å². The number of hydrogen-bond acceptors (Lipinski definition) is 6. The number of rotatable bonds is 4. The Morgan fingerprint density at radius 1 is 0.964 bits per heavy atom. The molecule has 2 aliphatic rings. The molecular formula is C20H29N7S. The Bertz CT molecular complexity index is 761. The van der Waals surface area contributed by atoms with Gasteiger partial charge in [-0.1, -0.05) is 12.8 Å². The van der Waals surface area contributed by atoms with Crippen LogP contribution in [-0.2, 0) is 6.54 Å². The quantitative estimate of drug-likeness (QED) is 0.629. The number of nitrogens with two attached hydrogens (primary N) is 1. The van der Waals surface area contributed by atoms with Crippen LogP contribution >= 0.6 is 11.3 Å². The highest BCUT2D eigenvalue weighted by molar-refractivity contribution is 7.13. The molecule has 2 aromatic rings. The van der Waals surface area contributed by atoms with Gasteiger partial charge < -0.3 is 20.4 Å². The van der Waals surface area contributed by atoms with Gasteiger partial charge in [-0.2, -0.15) is 0 Å². The topological polar surface area (TPSA) is 73.9 Å². The van der Waals surface area contributed by atoms with E-state index in [4.69, 9.17) is 5.73 Å². The van der Waals surface area contributed by atoms with Crippen LogP contribution in [0.25, 0.3) is 0 Å². The van der Waals surface area contributed by atoms with Crippen LogP contribution in [0.1, 0.15) is 31.2 Å². The van der Waals surface area contributed by atoms with Crippen molar-refractivity contribution >= 4 is 28.2 Å². The van der Waals surface area contributed by atoms with Crippen LogP contribution in [0.4, 0.5) is 10.9 Å². The molecule has 0 unspecified atom stereocenters. The Morgan fingerprint density at radius 2 is 1.75 bits per heavy atom. The lowest BCUT2D eigenvalue weighted by atomic mass is 10.2. The largest absolute Gasteiger partial charge is 0.370 e. The normalized spacial score (nSPS) is 19.0. The zero-order valence-electron chi connectivity index (χ0n) is 16.3. The number of nitrogens with zero attached hydrogens (tertiary/aromatic N) is 6. The van der Waals surface area contributed by atoms with E-state index in [-0.39, 0.29) is 0 Å². The fourth-order valence-electron chi connectivity index (χ4n) is 3.80. The molecule has 0 aliphatic carbocycles. The fourth-order valence-corrected chi connectivity index (χ4v) is 4.50. The van der Waals surface area contributed by atoms with Gasteiger partial charge in [-0.15, -0.1) is 11.3 Å². The molecule has 0 bridgehead atoms. The molecule has 2 aliphatic heterocycles. The van der Waals surface area contributed by atoms with Crippen LogP contribution < -0.4 is 15.5 Å². The molecule has 28 heavy (non-hydrogen) atoms. The number of hydrogen-bond donors (Lipinski definition) is 1. The predicted molar refractivity (Wildman–Crippen MR) is 116 cm³/mol. The summed E-state index contributed by atoms with van der Waals surface area (Å²) in [5.74, 6) is 1.71. The highest BCUT2D eigenvalue weighted by Crippen LogP contribution is 2.20. The fraction of sp³-hybridized carbons (Fsp3) is 0.550. The summed E-state index contributed by atoms with van der Waals surface area (Å²) in [4.78, 5) is 20.5. The maximum atomic E-state index is 6.28. The van der Waals surface area contributed by atoms with Crippen molar-refractivity contribution in [2.24, 2.45) is 10.7 Å². The lowest BCUT2D eigenvalue weighted by molar-refractivity contribution is 0.380. The minimum Gasteiger partial charge on any atom is -0.370 e. The van der Waals surface area contributed by atoms with Gasteiger partial charge in [0.25, 0.3) is 0 Å². The molecule has 7 nitrogen and oxygen atoms in total. The second kappa shape index (κ2) is 9.23. The summed E-state index contributed by atoms with van der Waals surface area (Å²) in [7, 11) is 0. The average molecular weight is 400 g/mol. The standard InChI is InChI=1S/C20H29N7S/c21-19(26-10-12-27(13-11-26)20-23-7-14-28-20)24-16-17-5-6-22-18(15-17)25-8-3-1-2-4-9-25/h5-7,14-15H,1-4,8-13,16H2,(H2,21,24). The van der Waals surface area contributed by atoms with Crippen LogP contribution in [0, 0.1) is 0 Å². The van der Waals surface area contributed by atoms with Gasteiger partial charge in [-0.05, 0) is 30.5 Å². The Labute approximate surface area is 170 Å². The molecular weight excluding hydrogens is 370 g/mol. The molecule has 0 spiro atoms. The van der Waals surface area contributed by atoms with E-state index < -0.39 is 0 Å². The van der Waals surface area contributed by atoms with E-state index in [9.17, 15) is 0 Å². The van der Waals surface area contributed by atoms with Crippen molar-refractivity contribution in [3.63, 3.8) is 0 Å². The maximum absolute atomic E-state index is 6.28. The second-order valence-electron chi connectivity index (χ2n) is 7.39. The zero-order valence-corrected chi connectivity index (χ0v) is 17.2. The number of aromatic nitrogens is 2. The highest BCUT2D eigenvalue weighted by atomic mass is 32.1. The Kier molecular flexibility index (Phi) is 6.26. The van der Waals surface area contributed by atoms with Crippen LogP contribution in [-0.4, -0.2) is 60.1 Å². The zero-order chi connectivity index (χ0) is 19.2. The Morgan fingerprint density at radius 3 is 2.46 bits per heavy atom.